The first-order valence-corrected chi connectivity index (χ1v) is 5.30. The number of sulfone groups is 1. The molecule has 0 spiro atoms. The number of hydrogen-bond acceptors (Lipinski definition) is 2. The molecule has 0 heterocycles. The monoisotopic (exact) mass is 183 g/mol. The molecule has 0 saturated carbocycles. The third-order valence-electron chi connectivity index (χ3n) is 1.63. The maximum atomic E-state index is 11.5. The molecule has 2 nitrogen and oxygen atoms in total. The van der Waals surface area contributed by atoms with Crippen molar-refractivity contribution in [2.24, 2.45) is 0 Å². The molecule has 0 amide bonds. The van der Waals surface area contributed by atoms with E-state index in [4.69, 9.17) is 0 Å². The molecule has 0 aliphatic rings. The number of rotatable bonds is 2. The van der Waals surface area contributed by atoms with E-state index in [-0.39, 0.29) is 5.25 Å². The summed E-state index contributed by atoms with van der Waals surface area (Å²) < 4.78 is 23.0. The van der Waals surface area contributed by atoms with Gasteiger partial charge in [0.1, 0.15) is 0 Å². The number of benzene rings is 1. The second kappa shape index (κ2) is 3.27. The molecule has 1 aromatic carbocycles. The summed E-state index contributed by atoms with van der Waals surface area (Å²) in [5.41, 5.74) is 0. The molecule has 65 valence electrons. The fourth-order valence-corrected chi connectivity index (χ4v) is 1.87. The van der Waals surface area contributed by atoms with Crippen LogP contribution in [-0.4, -0.2) is 13.7 Å². The van der Waals surface area contributed by atoms with Gasteiger partial charge in [0.2, 0.25) is 0 Å². The van der Waals surface area contributed by atoms with E-state index in [0.29, 0.717) is 4.90 Å². The fourth-order valence-electron chi connectivity index (χ4n) is 0.826. The van der Waals surface area contributed by atoms with Crippen molar-refractivity contribution in [3.8, 4) is 0 Å². The van der Waals surface area contributed by atoms with E-state index < -0.39 is 9.84 Å². The van der Waals surface area contributed by atoms with Crippen molar-refractivity contribution in [3.05, 3.63) is 30.3 Å². The Morgan fingerprint density at radius 1 is 1.42 bits per heavy atom. The summed E-state index contributed by atoms with van der Waals surface area (Å²) >= 11 is 0. The molecule has 12 heavy (non-hydrogen) atoms. The highest BCUT2D eigenvalue weighted by Gasteiger charge is 2.17. The third kappa shape index (κ3) is 1.67. The van der Waals surface area contributed by atoms with Crippen LogP contribution in [0.15, 0.2) is 29.2 Å². The summed E-state index contributed by atoms with van der Waals surface area (Å²) in [6, 6.07) is 9.18. The third-order valence-corrected chi connectivity index (χ3v) is 3.78. The minimum Gasteiger partial charge on any atom is -0.223 e. The van der Waals surface area contributed by atoms with Gasteiger partial charge >= 0.3 is 0 Å². The van der Waals surface area contributed by atoms with E-state index in [1.54, 1.807) is 32.0 Å². The molecular weight excluding hydrogens is 172 g/mol. The summed E-state index contributed by atoms with van der Waals surface area (Å²) in [6.07, 6.45) is 0. The van der Waals surface area contributed by atoms with Crippen LogP contribution in [0.5, 0.6) is 0 Å². The zero-order valence-corrected chi connectivity index (χ0v) is 7.93. The fraction of sp³-hybridized carbons (Fsp3) is 0.333. The highest BCUT2D eigenvalue weighted by atomic mass is 32.2. The van der Waals surface area contributed by atoms with Crippen molar-refractivity contribution in [1.82, 2.24) is 0 Å². The Morgan fingerprint density at radius 3 is 2.50 bits per heavy atom. The van der Waals surface area contributed by atoms with Crippen molar-refractivity contribution in [2.45, 2.75) is 24.0 Å². The Morgan fingerprint density at radius 2 is 2.08 bits per heavy atom. The first-order valence-electron chi connectivity index (χ1n) is 3.75. The quantitative estimate of drug-likeness (QED) is 0.699. The van der Waals surface area contributed by atoms with E-state index in [1.165, 1.54) is 6.07 Å². The molecule has 0 aliphatic heterocycles. The van der Waals surface area contributed by atoms with Gasteiger partial charge in [0.15, 0.2) is 9.84 Å². The van der Waals surface area contributed by atoms with Crippen LogP contribution in [-0.2, 0) is 9.84 Å². The van der Waals surface area contributed by atoms with Gasteiger partial charge in [-0.2, -0.15) is 0 Å². The minimum absolute atomic E-state index is 0.347. The van der Waals surface area contributed by atoms with Crippen molar-refractivity contribution in [2.75, 3.05) is 0 Å². The summed E-state index contributed by atoms with van der Waals surface area (Å²) in [7, 11) is -3.11. The largest absolute Gasteiger partial charge is 0.223 e. The summed E-state index contributed by atoms with van der Waals surface area (Å²) in [4.78, 5) is 0.347. The molecule has 3 heteroatoms. The second-order valence-corrected chi connectivity index (χ2v) is 5.34. The maximum absolute atomic E-state index is 11.5. The smallest absolute Gasteiger partial charge is 0.180 e. The lowest BCUT2D eigenvalue weighted by Crippen LogP contribution is -2.13. The average Bonchev–Trinajstić information content (AvgIpc) is 2.06. The van der Waals surface area contributed by atoms with Gasteiger partial charge in [-0.15, -0.1) is 0 Å². The van der Waals surface area contributed by atoms with Crippen LogP contribution in [0.3, 0.4) is 0 Å². The van der Waals surface area contributed by atoms with Gasteiger partial charge in [-0.3, -0.25) is 0 Å². The zero-order chi connectivity index (χ0) is 9.19. The van der Waals surface area contributed by atoms with Crippen LogP contribution >= 0.6 is 0 Å². The zero-order valence-electron chi connectivity index (χ0n) is 7.11. The van der Waals surface area contributed by atoms with Gasteiger partial charge in [0.05, 0.1) is 10.1 Å². The molecule has 0 saturated heterocycles. The van der Waals surface area contributed by atoms with Crippen LogP contribution in [0.2, 0.25) is 0 Å². The molecular formula is C9H11O2S. The maximum Gasteiger partial charge on any atom is 0.180 e. The molecule has 0 unspecified atom stereocenters. The molecule has 0 bridgehead atoms. The number of hydrogen-bond donors (Lipinski definition) is 0. The molecule has 1 aromatic rings. The second-order valence-electron chi connectivity index (χ2n) is 2.83. The van der Waals surface area contributed by atoms with Gasteiger partial charge in [0, 0.05) is 0 Å². The Bertz CT molecular complexity index is 338. The Balaban J connectivity index is 3.17. The van der Waals surface area contributed by atoms with Crippen molar-refractivity contribution in [1.29, 1.82) is 0 Å². The molecule has 1 radical (unpaired) electrons. The lowest BCUT2D eigenvalue weighted by Gasteiger charge is -2.06. The molecule has 1 rings (SSSR count). The van der Waals surface area contributed by atoms with E-state index in [2.05, 4.69) is 6.07 Å². The summed E-state index contributed by atoms with van der Waals surface area (Å²) in [5.74, 6) is 0. The van der Waals surface area contributed by atoms with Crippen LogP contribution in [0, 0.1) is 6.07 Å². The van der Waals surface area contributed by atoms with Crippen molar-refractivity contribution < 1.29 is 8.42 Å². The first-order chi connectivity index (χ1) is 5.55. The molecule has 0 aliphatic carbocycles. The van der Waals surface area contributed by atoms with Crippen LogP contribution in [0.25, 0.3) is 0 Å². The highest BCUT2D eigenvalue weighted by molar-refractivity contribution is 7.92. The van der Waals surface area contributed by atoms with E-state index in [1.807, 2.05) is 0 Å². The average molecular weight is 183 g/mol. The predicted molar refractivity (Wildman–Crippen MR) is 47.6 cm³/mol. The van der Waals surface area contributed by atoms with Crippen molar-refractivity contribution >= 4 is 9.84 Å². The molecule has 0 fully saturated rings. The van der Waals surface area contributed by atoms with Gasteiger partial charge in [0.25, 0.3) is 0 Å². The Labute approximate surface area is 73.2 Å². The predicted octanol–water partition coefficient (Wildman–Crippen LogP) is 1.67. The van der Waals surface area contributed by atoms with E-state index in [0.717, 1.165) is 0 Å². The molecule has 0 aromatic heterocycles. The van der Waals surface area contributed by atoms with E-state index in [9.17, 15) is 8.42 Å². The highest BCUT2D eigenvalue weighted by Crippen LogP contribution is 2.13. The molecule has 0 atom stereocenters. The van der Waals surface area contributed by atoms with Crippen LogP contribution in [0.1, 0.15) is 13.8 Å². The first kappa shape index (κ1) is 9.26. The Hall–Kier alpha value is -0.830. The van der Waals surface area contributed by atoms with Crippen molar-refractivity contribution in [3.63, 3.8) is 0 Å². The topological polar surface area (TPSA) is 34.1 Å². The summed E-state index contributed by atoms with van der Waals surface area (Å²) in [6.45, 7) is 3.34. The van der Waals surface area contributed by atoms with E-state index >= 15 is 0 Å². The van der Waals surface area contributed by atoms with Gasteiger partial charge < -0.3 is 0 Å². The Kier molecular flexibility index (Phi) is 2.52. The van der Waals surface area contributed by atoms with Gasteiger partial charge in [-0.25, -0.2) is 8.42 Å². The molecule has 0 N–H and O–H groups in total. The van der Waals surface area contributed by atoms with Gasteiger partial charge in [-0.05, 0) is 32.0 Å². The van der Waals surface area contributed by atoms with Crippen LogP contribution in [0.4, 0.5) is 0 Å². The standard InChI is InChI=1S/C9H11O2S/c1-8(2)12(10,11)9-6-4-3-5-7-9/h3-4,6-8H,1-2H3. The van der Waals surface area contributed by atoms with Gasteiger partial charge in [-0.1, -0.05) is 12.1 Å². The summed E-state index contributed by atoms with van der Waals surface area (Å²) in [5, 5.41) is -0.367. The lowest BCUT2D eigenvalue weighted by molar-refractivity contribution is 0.587. The lowest BCUT2D eigenvalue weighted by atomic mass is 10.4. The minimum atomic E-state index is -3.11. The SMILES string of the molecule is CC(C)S(=O)(=O)c1c[c]ccc1. The van der Waals surface area contributed by atoms with Crippen LogP contribution < -0.4 is 0 Å². The normalized spacial score (nSPS) is 11.9.